The summed E-state index contributed by atoms with van der Waals surface area (Å²) in [7, 11) is 0. The Balaban J connectivity index is 2.33. The zero-order valence-electron chi connectivity index (χ0n) is 23.2. The molecule has 1 nitrogen and oxygen atoms in total. The summed E-state index contributed by atoms with van der Waals surface area (Å²) >= 11 is 0. The van der Waals surface area contributed by atoms with E-state index < -0.39 is 0 Å². The zero-order chi connectivity index (χ0) is 24.3. The molecule has 0 unspecified atom stereocenters. The molecule has 0 heterocycles. The summed E-state index contributed by atoms with van der Waals surface area (Å²) in [6.07, 6.45) is 25.3. The van der Waals surface area contributed by atoms with Crippen LogP contribution in [0.4, 0.5) is 0 Å². The standard InChI is InChI=1S/C31H56O/c1-9-10-11-12-13-14-15-16-17-18-19-20-21-22-23-31(8)24-26(29(2,3)4)28(32)27(25-31)30(5,6)7/h24-25H,9-23H2,1-8H3. The highest BCUT2D eigenvalue weighted by Gasteiger charge is 2.38. The number of carbonyl (C=O) groups is 1. The van der Waals surface area contributed by atoms with Gasteiger partial charge in [0.25, 0.3) is 0 Å². The Kier molecular flexibility index (Phi) is 12.5. The zero-order valence-corrected chi connectivity index (χ0v) is 23.2. The second-order valence-corrected chi connectivity index (χ2v) is 12.8. The van der Waals surface area contributed by atoms with E-state index in [2.05, 4.69) is 67.5 Å². The normalized spacial score (nSPS) is 16.8. The molecule has 0 aliphatic heterocycles. The largest absolute Gasteiger partial charge is 0.289 e. The molecule has 0 amide bonds. The molecule has 0 aromatic carbocycles. The van der Waals surface area contributed by atoms with Gasteiger partial charge in [0.1, 0.15) is 0 Å². The van der Waals surface area contributed by atoms with Crippen molar-refractivity contribution in [3.63, 3.8) is 0 Å². The van der Waals surface area contributed by atoms with Gasteiger partial charge in [-0.1, -0.05) is 157 Å². The van der Waals surface area contributed by atoms with Gasteiger partial charge in [-0.3, -0.25) is 4.79 Å². The van der Waals surface area contributed by atoms with Crippen LogP contribution in [0, 0.1) is 16.2 Å². The lowest BCUT2D eigenvalue weighted by molar-refractivity contribution is -0.114. The molecule has 0 N–H and O–H groups in total. The maximum absolute atomic E-state index is 13.2. The van der Waals surface area contributed by atoms with Gasteiger partial charge in [-0.25, -0.2) is 0 Å². The maximum Gasteiger partial charge on any atom is 0.185 e. The van der Waals surface area contributed by atoms with E-state index in [9.17, 15) is 4.79 Å². The molecule has 0 aromatic rings. The molecule has 0 atom stereocenters. The quantitative estimate of drug-likeness (QED) is 0.229. The smallest absolute Gasteiger partial charge is 0.185 e. The van der Waals surface area contributed by atoms with Crippen LogP contribution in [0.2, 0.25) is 0 Å². The summed E-state index contributed by atoms with van der Waals surface area (Å²) in [5.74, 6) is 0.267. The fourth-order valence-corrected chi connectivity index (χ4v) is 4.94. The van der Waals surface area contributed by atoms with Crippen molar-refractivity contribution in [2.45, 2.75) is 152 Å². The molecule has 0 fully saturated rings. The summed E-state index contributed by atoms with van der Waals surface area (Å²) in [5.41, 5.74) is 1.84. The first-order valence-corrected chi connectivity index (χ1v) is 13.9. The number of unbranched alkanes of at least 4 members (excludes halogenated alkanes) is 13. The summed E-state index contributed by atoms with van der Waals surface area (Å²) in [5, 5.41) is 0. The van der Waals surface area contributed by atoms with Crippen molar-refractivity contribution < 1.29 is 4.79 Å². The van der Waals surface area contributed by atoms with E-state index in [1.807, 2.05) is 0 Å². The first kappa shape index (κ1) is 29.2. The fourth-order valence-electron chi connectivity index (χ4n) is 4.94. The van der Waals surface area contributed by atoms with Gasteiger partial charge in [-0.05, 0) is 17.3 Å². The summed E-state index contributed by atoms with van der Waals surface area (Å²) in [4.78, 5) is 13.2. The molecule has 1 aliphatic rings. The van der Waals surface area contributed by atoms with E-state index in [-0.39, 0.29) is 22.0 Å². The molecular weight excluding hydrogens is 388 g/mol. The van der Waals surface area contributed by atoms with E-state index in [1.165, 1.54) is 89.9 Å². The molecule has 1 heteroatoms. The van der Waals surface area contributed by atoms with E-state index in [0.717, 1.165) is 17.6 Å². The van der Waals surface area contributed by atoms with Crippen molar-refractivity contribution in [3.05, 3.63) is 23.3 Å². The molecule has 0 bridgehead atoms. The lowest BCUT2D eigenvalue weighted by Crippen LogP contribution is -2.32. The van der Waals surface area contributed by atoms with Crippen LogP contribution < -0.4 is 0 Å². The minimum absolute atomic E-state index is 0.0102. The van der Waals surface area contributed by atoms with Gasteiger partial charge in [0.15, 0.2) is 5.78 Å². The average Bonchev–Trinajstić information content (AvgIpc) is 2.68. The maximum atomic E-state index is 13.2. The van der Waals surface area contributed by atoms with Crippen LogP contribution in [0.15, 0.2) is 23.3 Å². The van der Waals surface area contributed by atoms with Crippen molar-refractivity contribution in [3.8, 4) is 0 Å². The molecule has 0 saturated heterocycles. The van der Waals surface area contributed by atoms with Gasteiger partial charge in [0.2, 0.25) is 0 Å². The summed E-state index contributed by atoms with van der Waals surface area (Å²) in [6, 6.07) is 0. The number of ketones is 1. The van der Waals surface area contributed by atoms with Crippen molar-refractivity contribution in [2.75, 3.05) is 0 Å². The predicted octanol–water partition coefficient (Wildman–Crippen LogP) is 10.4. The van der Waals surface area contributed by atoms with Crippen LogP contribution in [-0.4, -0.2) is 5.78 Å². The monoisotopic (exact) mass is 444 g/mol. The van der Waals surface area contributed by atoms with Crippen LogP contribution >= 0.6 is 0 Å². The second-order valence-electron chi connectivity index (χ2n) is 12.8. The third-order valence-corrected chi connectivity index (χ3v) is 7.12. The average molecular weight is 445 g/mol. The Bertz CT molecular complexity index is 571. The minimum Gasteiger partial charge on any atom is -0.289 e. The third-order valence-electron chi connectivity index (χ3n) is 7.12. The van der Waals surface area contributed by atoms with Gasteiger partial charge < -0.3 is 0 Å². The predicted molar refractivity (Wildman–Crippen MR) is 143 cm³/mol. The molecule has 0 aromatic heterocycles. The van der Waals surface area contributed by atoms with Gasteiger partial charge in [-0.2, -0.15) is 0 Å². The fraction of sp³-hybridized carbons (Fsp3) is 0.839. The molecule has 32 heavy (non-hydrogen) atoms. The number of carbonyl (C=O) groups excluding carboxylic acids is 1. The number of allylic oxidation sites excluding steroid dienone is 4. The van der Waals surface area contributed by atoms with E-state index in [1.54, 1.807) is 0 Å². The highest BCUT2D eigenvalue weighted by atomic mass is 16.1. The molecule has 0 spiro atoms. The molecule has 0 saturated carbocycles. The Morgan fingerprint density at radius 2 is 0.906 bits per heavy atom. The highest BCUT2D eigenvalue weighted by Crippen LogP contribution is 2.44. The lowest BCUT2D eigenvalue weighted by atomic mass is 9.66. The second kappa shape index (κ2) is 13.8. The van der Waals surface area contributed by atoms with Crippen LogP contribution in [0.5, 0.6) is 0 Å². The Morgan fingerprint density at radius 3 is 1.22 bits per heavy atom. The molecule has 186 valence electrons. The minimum atomic E-state index is -0.0986. The van der Waals surface area contributed by atoms with Crippen LogP contribution in [0.1, 0.15) is 152 Å². The Morgan fingerprint density at radius 1 is 0.594 bits per heavy atom. The highest BCUT2D eigenvalue weighted by molar-refractivity contribution is 6.10. The van der Waals surface area contributed by atoms with Crippen molar-refractivity contribution in [1.82, 2.24) is 0 Å². The molecule has 0 radical (unpaired) electrons. The SMILES string of the molecule is CCCCCCCCCCCCCCCCC1(C)C=C(C(C)(C)C)C(=O)C(C(C)(C)C)=C1. The number of rotatable bonds is 15. The number of Topliss-reactive ketones (excluding diaryl/α,β-unsaturated/α-hetero) is 1. The lowest BCUT2D eigenvalue weighted by Gasteiger charge is -2.37. The van der Waals surface area contributed by atoms with Gasteiger partial charge in [0.05, 0.1) is 0 Å². The molecule has 1 aliphatic carbocycles. The summed E-state index contributed by atoms with van der Waals surface area (Å²) in [6.45, 7) is 17.7. The van der Waals surface area contributed by atoms with Crippen molar-refractivity contribution in [1.29, 1.82) is 0 Å². The third kappa shape index (κ3) is 10.8. The van der Waals surface area contributed by atoms with Crippen LogP contribution in [0.25, 0.3) is 0 Å². The first-order chi connectivity index (χ1) is 14.9. The number of hydrogen-bond donors (Lipinski definition) is 0. The van der Waals surface area contributed by atoms with Crippen molar-refractivity contribution in [2.24, 2.45) is 16.2 Å². The Labute approximate surface area is 201 Å². The van der Waals surface area contributed by atoms with Crippen molar-refractivity contribution >= 4 is 5.78 Å². The van der Waals surface area contributed by atoms with Gasteiger partial charge in [0, 0.05) is 16.6 Å². The molecule has 1 rings (SSSR count). The number of hydrogen-bond acceptors (Lipinski definition) is 1. The molecular formula is C31H56O. The van der Waals surface area contributed by atoms with E-state index in [0.29, 0.717) is 0 Å². The van der Waals surface area contributed by atoms with E-state index in [4.69, 9.17) is 0 Å². The van der Waals surface area contributed by atoms with Crippen LogP contribution in [0.3, 0.4) is 0 Å². The Hall–Kier alpha value is -0.850. The summed E-state index contributed by atoms with van der Waals surface area (Å²) < 4.78 is 0. The van der Waals surface area contributed by atoms with Gasteiger partial charge >= 0.3 is 0 Å². The topological polar surface area (TPSA) is 17.1 Å². The first-order valence-electron chi connectivity index (χ1n) is 13.9. The van der Waals surface area contributed by atoms with E-state index >= 15 is 0 Å². The van der Waals surface area contributed by atoms with Gasteiger partial charge in [-0.15, -0.1) is 0 Å². The van der Waals surface area contributed by atoms with Crippen LogP contribution in [-0.2, 0) is 4.79 Å².